The van der Waals surface area contributed by atoms with Crippen LogP contribution in [-0.4, -0.2) is 41.9 Å². The molecule has 0 rings (SSSR count). The number of aliphatic hydroxyl groups excluding tert-OH is 1. The monoisotopic (exact) mass is 216 g/mol. The summed E-state index contributed by atoms with van der Waals surface area (Å²) in [6, 6.07) is 0. The number of nitrogens with zero attached hydrogens (tertiary/aromatic N) is 1. The van der Waals surface area contributed by atoms with Gasteiger partial charge in [-0.25, -0.2) is 0 Å². The molecule has 0 aromatic carbocycles. The van der Waals surface area contributed by atoms with Crippen molar-refractivity contribution in [3.8, 4) is 0 Å². The SMILES string of the molecule is CCC[N+](CCC)(CCC)CCC(C)O. The highest BCUT2D eigenvalue weighted by atomic mass is 16.3. The highest BCUT2D eigenvalue weighted by Gasteiger charge is 2.24. The maximum absolute atomic E-state index is 9.41. The maximum atomic E-state index is 9.41. The topological polar surface area (TPSA) is 20.2 Å². The van der Waals surface area contributed by atoms with Crippen LogP contribution in [0, 0.1) is 0 Å². The standard InChI is InChI=1S/C13H30NO/c1-5-9-14(10-6-2,11-7-3)12-8-13(4)15/h13,15H,5-12H2,1-4H3/q+1. The largest absolute Gasteiger partial charge is 0.393 e. The third-order valence-corrected chi connectivity index (χ3v) is 3.12. The molecule has 0 bridgehead atoms. The summed E-state index contributed by atoms with van der Waals surface area (Å²) >= 11 is 0. The van der Waals surface area contributed by atoms with Crippen molar-refractivity contribution in [2.45, 2.75) is 59.5 Å². The predicted molar refractivity (Wildman–Crippen MR) is 66.9 cm³/mol. The fourth-order valence-electron chi connectivity index (χ4n) is 2.55. The zero-order valence-corrected chi connectivity index (χ0v) is 11.1. The van der Waals surface area contributed by atoms with Gasteiger partial charge < -0.3 is 9.59 Å². The van der Waals surface area contributed by atoms with Crippen LogP contribution in [0.3, 0.4) is 0 Å². The molecule has 0 aliphatic heterocycles. The molecule has 0 aliphatic rings. The van der Waals surface area contributed by atoms with Crippen molar-refractivity contribution in [1.82, 2.24) is 0 Å². The van der Waals surface area contributed by atoms with E-state index in [1.165, 1.54) is 43.4 Å². The minimum absolute atomic E-state index is 0.145. The summed E-state index contributed by atoms with van der Waals surface area (Å²) in [6.07, 6.45) is 4.55. The van der Waals surface area contributed by atoms with E-state index in [0.29, 0.717) is 0 Å². The average molecular weight is 216 g/mol. The lowest BCUT2D eigenvalue weighted by atomic mass is 10.1. The molecule has 0 saturated carbocycles. The Bertz CT molecular complexity index is 128. The lowest BCUT2D eigenvalue weighted by Crippen LogP contribution is -2.51. The number of hydrogen-bond donors (Lipinski definition) is 1. The van der Waals surface area contributed by atoms with Gasteiger partial charge in [0, 0.05) is 6.42 Å². The van der Waals surface area contributed by atoms with Gasteiger partial charge in [0.1, 0.15) is 0 Å². The number of aliphatic hydroxyl groups is 1. The molecule has 2 heteroatoms. The van der Waals surface area contributed by atoms with Crippen molar-refractivity contribution < 1.29 is 9.59 Å². The van der Waals surface area contributed by atoms with Crippen LogP contribution in [0.1, 0.15) is 53.4 Å². The quantitative estimate of drug-likeness (QED) is 0.588. The fourth-order valence-corrected chi connectivity index (χ4v) is 2.55. The highest BCUT2D eigenvalue weighted by Crippen LogP contribution is 2.13. The minimum atomic E-state index is -0.145. The van der Waals surface area contributed by atoms with E-state index in [-0.39, 0.29) is 6.10 Å². The van der Waals surface area contributed by atoms with E-state index < -0.39 is 0 Å². The van der Waals surface area contributed by atoms with Gasteiger partial charge in [0.25, 0.3) is 0 Å². The molecule has 1 N–H and O–H groups in total. The van der Waals surface area contributed by atoms with Crippen LogP contribution in [0.4, 0.5) is 0 Å². The second-order valence-corrected chi connectivity index (χ2v) is 4.87. The Hall–Kier alpha value is -0.0800. The Morgan fingerprint density at radius 2 is 1.27 bits per heavy atom. The van der Waals surface area contributed by atoms with Gasteiger partial charge >= 0.3 is 0 Å². The van der Waals surface area contributed by atoms with Crippen LogP contribution >= 0.6 is 0 Å². The molecule has 92 valence electrons. The van der Waals surface area contributed by atoms with E-state index >= 15 is 0 Å². The second-order valence-electron chi connectivity index (χ2n) is 4.87. The molecule has 0 fully saturated rings. The van der Waals surface area contributed by atoms with E-state index in [1.807, 2.05) is 6.92 Å². The van der Waals surface area contributed by atoms with Crippen molar-refractivity contribution in [3.63, 3.8) is 0 Å². The van der Waals surface area contributed by atoms with Crippen LogP contribution in [0.5, 0.6) is 0 Å². The van der Waals surface area contributed by atoms with E-state index in [1.54, 1.807) is 0 Å². The van der Waals surface area contributed by atoms with Crippen LogP contribution in [-0.2, 0) is 0 Å². The van der Waals surface area contributed by atoms with Gasteiger partial charge in [-0.05, 0) is 26.2 Å². The molecule has 0 aliphatic carbocycles. The molecule has 0 radical (unpaired) electrons. The van der Waals surface area contributed by atoms with Crippen molar-refractivity contribution in [2.75, 3.05) is 26.2 Å². The van der Waals surface area contributed by atoms with E-state index in [0.717, 1.165) is 13.0 Å². The first-order valence-corrected chi connectivity index (χ1v) is 6.63. The van der Waals surface area contributed by atoms with E-state index in [2.05, 4.69) is 20.8 Å². The van der Waals surface area contributed by atoms with Gasteiger partial charge in [-0.3, -0.25) is 0 Å². The zero-order chi connectivity index (χ0) is 11.7. The normalized spacial score (nSPS) is 14.2. The third-order valence-electron chi connectivity index (χ3n) is 3.12. The first-order valence-electron chi connectivity index (χ1n) is 6.63. The van der Waals surface area contributed by atoms with Crippen molar-refractivity contribution >= 4 is 0 Å². The highest BCUT2D eigenvalue weighted by molar-refractivity contribution is 4.50. The van der Waals surface area contributed by atoms with E-state index in [9.17, 15) is 5.11 Å². The van der Waals surface area contributed by atoms with Gasteiger partial charge in [0.05, 0.1) is 32.3 Å². The third kappa shape index (κ3) is 6.16. The summed E-state index contributed by atoms with van der Waals surface area (Å²) in [4.78, 5) is 0. The second kappa shape index (κ2) is 8.12. The average Bonchev–Trinajstić information content (AvgIpc) is 2.16. The number of rotatable bonds is 9. The number of hydrogen-bond acceptors (Lipinski definition) is 1. The van der Waals surface area contributed by atoms with Crippen LogP contribution in [0.25, 0.3) is 0 Å². The van der Waals surface area contributed by atoms with Crippen LogP contribution in [0.15, 0.2) is 0 Å². The summed E-state index contributed by atoms with van der Waals surface area (Å²) in [7, 11) is 0. The molecule has 1 unspecified atom stereocenters. The van der Waals surface area contributed by atoms with Gasteiger partial charge in [-0.2, -0.15) is 0 Å². The van der Waals surface area contributed by atoms with Gasteiger partial charge in [-0.15, -0.1) is 0 Å². The van der Waals surface area contributed by atoms with Crippen molar-refractivity contribution in [2.24, 2.45) is 0 Å². The molecule has 0 aromatic heterocycles. The molecule has 0 spiro atoms. The molecule has 1 atom stereocenters. The Morgan fingerprint density at radius 3 is 1.53 bits per heavy atom. The van der Waals surface area contributed by atoms with Crippen molar-refractivity contribution in [1.29, 1.82) is 0 Å². The smallest absolute Gasteiger partial charge is 0.0811 e. The first kappa shape index (κ1) is 14.9. The fraction of sp³-hybridized carbons (Fsp3) is 1.00. The van der Waals surface area contributed by atoms with Gasteiger partial charge in [-0.1, -0.05) is 20.8 Å². The summed E-state index contributed by atoms with van der Waals surface area (Å²) in [5, 5.41) is 9.41. The minimum Gasteiger partial charge on any atom is -0.393 e. The maximum Gasteiger partial charge on any atom is 0.0811 e. The molecule has 0 amide bonds. The molecule has 15 heavy (non-hydrogen) atoms. The lowest BCUT2D eigenvalue weighted by Gasteiger charge is -2.39. The molecule has 2 nitrogen and oxygen atoms in total. The molecule has 0 aromatic rings. The molecule has 0 saturated heterocycles. The molecular formula is C13H30NO+. The first-order chi connectivity index (χ1) is 7.10. The molecule has 0 heterocycles. The summed E-state index contributed by atoms with van der Waals surface area (Å²) in [6.45, 7) is 13.7. The Labute approximate surface area is 95.9 Å². The van der Waals surface area contributed by atoms with Crippen molar-refractivity contribution in [3.05, 3.63) is 0 Å². The molecular weight excluding hydrogens is 186 g/mol. The Kier molecular flexibility index (Phi) is 8.07. The Balaban J connectivity index is 4.31. The zero-order valence-electron chi connectivity index (χ0n) is 11.1. The van der Waals surface area contributed by atoms with Crippen LogP contribution in [0.2, 0.25) is 0 Å². The van der Waals surface area contributed by atoms with Gasteiger partial charge in [0.15, 0.2) is 0 Å². The Morgan fingerprint density at radius 1 is 0.867 bits per heavy atom. The summed E-state index contributed by atoms with van der Waals surface area (Å²) < 4.78 is 1.22. The van der Waals surface area contributed by atoms with Gasteiger partial charge in [0.2, 0.25) is 0 Å². The summed E-state index contributed by atoms with van der Waals surface area (Å²) in [5.41, 5.74) is 0. The van der Waals surface area contributed by atoms with E-state index in [4.69, 9.17) is 0 Å². The van der Waals surface area contributed by atoms with Crippen LogP contribution < -0.4 is 0 Å². The summed E-state index contributed by atoms with van der Waals surface area (Å²) in [5.74, 6) is 0. The lowest BCUT2D eigenvalue weighted by molar-refractivity contribution is -0.928. The predicted octanol–water partition coefficient (Wildman–Crippen LogP) is 2.80. The number of quaternary nitrogens is 1.